The van der Waals surface area contributed by atoms with Crippen LogP contribution in [0.5, 0.6) is 11.5 Å². The van der Waals surface area contributed by atoms with Crippen LogP contribution < -0.4 is 14.8 Å². The lowest BCUT2D eigenvalue weighted by Gasteiger charge is -2.11. The summed E-state index contributed by atoms with van der Waals surface area (Å²) in [6.45, 7) is -0.456. The number of amides is 1. The zero-order valence-corrected chi connectivity index (χ0v) is 14.1. The molecule has 1 amide bonds. The summed E-state index contributed by atoms with van der Waals surface area (Å²) in [5.74, 6) is -0.154. The van der Waals surface area contributed by atoms with Crippen molar-refractivity contribution in [1.29, 1.82) is 0 Å². The van der Waals surface area contributed by atoms with Gasteiger partial charge in [0.25, 0.3) is 5.91 Å². The first-order valence-corrected chi connectivity index (χ1v) is 7.63. The first-order valence-electron chi connectivity index (χ1n) is 7.63. The number of oxazole rings is 1. The monoisotopic (exact) mass is 356 g/mol. The molecule has 2 aromatic carbocycles. The first kappa shape index (κ1) is 17.3. The molecule has 8 heteroatoms. The fourth-order valence-corrected chi connectivity index (χ4v) is 2.35. The summed E-state index contributed by atoms with van der Waals surface area (Å²) < 4.78 is 20.5. The lowest BCUT2D eigenvalue weighted by atomic mass is 10.2. The molecular weight excluding hydrogens is 340 g/mol. The van der Waals surface area contributed by atoms with E-state index in [1.54, 1.807) is 36.4 Å². The minimum absolute atomic E-state index is 0.228. The highest BCUT2D eigenvalue weighted by Gasteiger charge is 2.16. The fourth-order valence-electron chi connectivity index (χ4n) is 2.35. The van der Waals surface area contributed by atoms with Gasteiger partial charge in [-0.15, -0.1) is 0 Å². The maximum absolute atomic E-state index is 12.2. The molecule has 0 saturated heterocycles. The number of benzene rings is 2. The minimum atomic E-state index is -0.665. The molecular formula is C18H16N2O6. The average molecular weight is 356 g/mol. The number of ether oxygens (including phenoxy) is 3. The van der Waals surface area contributed by atoms with Crippen LogP contribution in [0.3, 0.4) is 0 Å². The van der Waals surface area contributed by atoms with Gasteiger partial charge in [-0.1, -0.05) is 6.07 Å². The number of nitrogens with zero attached hydrogens (tertiary/aromatic N) is 1. The summed E-state index contributed by atoms with van der Waals surface area (Å²) in [7, 11) is 3.00. The second-order valence-corrected chi connectivity index (χ2v) is 5.20. The molecule has 0 unspecified atom stereocenters. The Morgan fingerprint density at radius 1 is 1.15 bits per heavy atom. The van der Waals surface area contributed by atoms with Crippen LogP contribution in [0.2, 0.25) is 0 Å². The molecule has 26 heavy (non-hydrogen) atoms. The molecule has 0 saturated carbocycles. The van der Waals surface area contributed by atoms with E-state index in [1.165, 1.54) is 20.6 Å². The SMILES string of the molecule is COc1ccc(NC(=O)COC(=O)c2cccc3ocnc23)c(OC)c1. The fraction of sp³-hybridized carbons (Fsp3) is 0.167. The molecule has 1 N–H and O–H groups in total. The van der Waals surface area contributed by atoms with Crippen molar-refractivity contribution in [3.05, 3.63) is 48.4 Å². The quantitative estimate of drug-likeness (QED) is 0.678. The predicted molar refractivity (Wildman–Crippen MR) is 92.5 cm³/mol. The van der Waals surface area contributed by atoms with Gasteiger partial charge in [-0.2, -0.15) is 0 Å². The molecule has 3 aromatic rings. The molecule has 1 heterocycles. The van der Waals surface area contributed by atoms with Gasteiger partial charge in [-0.3, -0.25) is 4.79 Å². The van der Waals surface area contributed by atoms with Crippen molar-refractivity contribution in [2.75, 3.05) is 26.1 Å². The molecule has 0 aliphatic heterocycles. The number of esters is 1. The van der Waals surface area contributed by atoms with Gasteiger partial charge in [-0.05, 0) is 24.3 Å². The number of rotatable bonds is 6. The third kappa shape index (κ3) is 3.59. The van der Waals surface area contributed by atoms with Crippen molar-refractivity contribution in [2.24, 2.45) is 0 Å². The Bertz CT molecular complexity index is 950. The molecule has 0 fully saturated rings. The van der Waals surface area contributed by atoms with Gasteiger partial charge in [0, 0.05) is 6.07 Å². The molecule has 1 aromatic heterocycles. The zero-order chi connectivity index (χ0) is 18.5. The van der Waals surface area contributed by atoms with Crippen LogP contribution in [0.4, 0.5) is 5.69 Å². The molecule has 3 rings (SSSR count). The molecule has 0 aliphatic rings. The molecule has 0 radical (unpaired) electrons. The van der Waals surface area contributed by atoms with Crippen molar-refractivity contribution in [3.63, 3.8) is 0 Å². The number of para-hydroxylation sites is 1. The van der Waals surface area contributed by atoms with Gasteiger partial charge in [0.05, 0.1) is 25.5 Å². The Balaban J connectivity index is 1.64. The number of methoxy groups -OCH3 is 2. The number of carbonyl (C=O) groups is 2. The van der Waals surface area contributed by atoms with Gasteiger partial charge in [0.1, 0.15) is 17.0 Å². The molecule has 8 nitrogen and oxygen atoms in total. The number of anilines is 1. The summed E-state index contributed by atoms with van der Waals surface area (Å²) >= 11 is 0. The van der Waals surface area contributed by atoms with E-state index in [4.69, 9.17) is 18.6 Å². The van der Waals surface area contributed by atoms with Crippen molar-refractivity contribution in [1.82, 2.24) is 4.98 Å². The number of aromatic nitrogens is 1. The third-order valence-corrected chi connectivity index (χ3v) is 3.60. The lowest BCUT2D eigenvalue weighted by molar-refractivity contribution is -0.119. The van der Waals surface area contributed by atoms with Crippen molar-refractivity contribution >= 4 is 28.7 Å². The van der Waals surface area contributed by atoms with Crippen molar-refractivity contribution in [2.45, 2.75) is 0 Å². The third-order valence-electron chi connectivity index (χ3n) is 3.60. The Morgan fingerprint density at radius 3 is 2.77 bits per heavy atom. The van der Waals surface area contributed by atoms with E-state index in [9.17, 15) is 9.59 Å². The predicted octanol–water partition coefficient (Wildman–Crippen LogP) is 2.64. The van der Waals surface area contributed by atoms with E-state index in [1.807, 2.05) is 0 Å². The molecule has 0 spiro atoms. The van der Waals surface area contributed by atoms with E-state index in [-0.39, 0.29) is 5.56 Å². The molecule has 134 valence electrons. The number of hydrogen-bond donors (Lipinski definition) is 1. The Morgan fingerprint density at radius 2 is 2.00 bits per heavy atom. The highest BCUT2D eigenvalue weighted by atomic mass is 16.5. The highest BCUT2D eigenvalue weighted by Crippen LogP contribution is 2.29. The second-order valence-electron chi connectivity index (χ2n) is 5.20. The van der Waals surface area contributed by atoms with Crippen LogP contribution in [0.15, 0.2) is 47.2 Å². The largest absolute Gasteiger partial charge is 0.497 e. The van der Waals surface area contributed by atoms with E-state index >= 15 is 0 Å². The van der Waals surface area contributed by atoms with E-state index in [0.717, 1.165) is 0 Å². The maximum atomic E-state index is 12.2. The normalized spacial score (nSPS) is 10.4. The van der Waals surface area contributed by atoms with E-state index in [2.05, 4.69) is 10.3 Å². The van der Waals surface area contributed by atoms with Gasteiger partial charge in [0.15, 0.2) is 18.6 Å². The highest BCUT2D eigenvalue weighted by molar-refractivity contribution is 6.02. The van der Waals surface area contributed by atoms with Gasteiger partial charge >= 0.3 is 5.97 Å². The molecule has 0 atom stereocenters. The topological polar surface area (TPSA) is 99.9 Å². The van der Waals surface area contributed by atoms with Crippen molar-refractivity contribution < 1.29 is 28.2 Å². The van der Waals surface area contributed by atoms with Crippen LogP contribution in [-0.4, -0.2) is 37.7 Å². The Labute approximate surface area is 148 Å². The average Bonchev–Trinajstić information content (AvgIpc) is 3.15. The first-order chi connectivity index (χ1) is 12.6. The van der Waals surface area contributed by atoms with Crippen LogP contribution in [0.1, 0.15) is 10.4 Å². The number of hydrogen-bond acceptors (Lipinski definition) is 7. The van der Waals surface area contributed by atoms with Crippen molar-refractivity contribution in [3.8, 4) is 11.5 Å². The van der Waals surface area contributed by atoms with Gasteiger partial charge in [-0.25, -0.2) is 9.78 Å². The molecule has 0 bridgehead atoms. The van der Waals surface area contributed by atoms with E-state index in [0.29, 0.717) is 28.3 Å². The van der Waals surface area contributed by atoms with Crippen LogP contribution >= 0.6 is 0 Å². The van der Waals surface area contributed by atoms with Crippen LogP contribution in [0.25, 0.3) is 11.1 Å². The molecule has 0 aliphatic carbocycles. The number of fused-ring (bicyclic) bond motifs is 1. The standard InChI is InChI=1S/C18H16N2O6/c1-23-11-6-7-13(15(8-11)24-2)20-16(21)9-25-18(22)12-4-3-5-14-17(12)19-10-26-14/h3-8,10H,9H2,1-2H3,(H,20,21). The van der Waals surface area contributed by atoms with Crippen LogP contribution in [-0.2, 0) is 9.53 Å². The summed E-state index contributed by atoms with van der Waals surface area (Å²) in [5.41, 5.74) is 1.51. The summed E-state index contributed by atoms with van der Waals surface area (Å²) in [6.07, 6.45) is 1.24. The maximum Gasteiger partial charge on any atom is 0.340 e. The second kappa shape index (κ2) is 7.56. The van der Waals surface area contributed by atoms with Crippen LogP contribution in [0, 0.1) is 0 Å². The van der Waals surface area contributed by atoms with Gasteiger partial charge < -0.3 is 23.9 Å². The summed E-state index contributed by atoms with van der Waals surface area (Å²) in [6, 6.07) is 9.82. The smallest absolute Gasteiger partial charge is 0.340 e. The van der Waals surface area contributed by atoms with Gasteiger partial charge in [0.2, 0.25) is 0 Å². The summed E-state index contributed by atoms with van der Waals surface area (Å²) in [4.78, 5) is 28.2. The summed E-state index contributed by atoms with van der Waals surface area (Å²) in [5, 5.41) is 2.62. The Hall–Kier alpha value is -3.55. The minimum Gasteiger partial charge on any atom is -0.497 e. The van der Waals surface area contributed by atoms with E-state index < -0.39 is 18.5 Å². The zero-order valence-electron chi connectivity index (χ0n) is 14.1. The lowest BCUT2D eigenvalue weighted by Crippen LogP contribution is -2.21. The Kier molecular flexibility index (Phi) is 5.02. The number of carbonyl (C=O) groups excluding carboxylic acids is 2. The number of nitrogens with one attached hydrogen (secondary N) is 1.